The number of hydrogen-bond donors (Lipinski definition) is 1. The van der Waals surface area contributed by atoms with E-state index in [1.165, 1.54) is 96.8 Å². The molecule has 0 rings (SSSR count). The van der Waals surface area contributed by atoms with Gasteiger partial charge >= 0.3 is 17.9 Å². The first kappa shape index (κ1) is 48.2. The Morgan fingerprint density at radius 2 is 0.938 bits per heavy atom. The summed E-state index contributed by atoms with van der Waals surface area (Å²) in [5, 5.41) is 9.84. The summed E-state index contributed by atoms with van der Waals surface area (Å²) < 4.78 is 9.62. The van der Waals surface area contributed by atoms with E-state index >= 15 is 0 Å². The van der Waals surface area contributed by atoms with Crippen LogP contribution in [0.3, 0.4) is 0 Å². The molecule has 0 aromatic carbocycles. The summed E-state index contributed by atoms with van der Waals surface area (Å²) >= 11 is 0. The van der Waals surface area contributed by atoms with Crippen LogP contribution < -0.4 is 0 Å². The third kappa shape index (κ3) is 44.0. The molecule has 0 aromatic heterocycles. The SMILES string of the molecule is CCCCCCC(O)C/C=C\CCCCCCCC(=O)OC(C)=O.CCCCCCCC/C=C\CCCCCCCC(=O)OCCCC. The zero-order chi connectivity index (χ0) is 35.8. The molecule has 0 aliphatic rings. The minimum absolute atomic E-state index is 0.0129. The maximum atomic E-state index is 11.4. The smallest absolute Gasteiger partial charge is 0.313 e. The summed E-state index contributed by atoms with van der Waals surface area (Å²) in [6.45, 7) is 8.42. The van der Waals surface area contributed by atoms with Crippen molar-refractivity contribution in [3.8, 4) is 0 Å². The van der Waals surface area contributed by atoms with Crippen molar-refractivity contribution in [2.45, 2.75) is 220 Å². The average molecular weight is 679 g/mol. The standard InChI is InChI=1S/C22H42O2.C20H36O4/c1-3-5-7-8-9-10-11-12-13-14-15-16-17-18-19-20-22(23)24-21-6-4-2;1-3-4-5-12-15-19(22)16-13-10-8-6-7-9-11-14-17-20(23)24-18(2)21/h12-13H,3-11,14-21H2,1-2H3;10,13,19,22H,3-9,11-12,14-17H2,1-2H3/b13-12-;13-10-. The summed E-state index contributed by atoms with van der Waals surface area (Å²) in [6.07, 6.45) is 41.3. The van der Waals surface area contributed by atoms with Crippen molar-refractivity contribution in [3.63, 3.8) is 0 Å². The van der Waals surface area contributed by atoms with E-state index in [0.29, 0.717) is 19.4 Å². The van der Waals surface area contributed by atoms with E-state index in [0.717, 1.165) is 83.5 Å². The largest absolute Gasteiger partial charge is 0.466 e. The Morgan fingerprint density at radius 3 is 1.44 bits per heavy atom. The highest BCUT2D eigenvalue weighted by atomic mass is 16.6. The third-order valence-corrected chi connectivity index (χ3v) is 8.38. The quantitative estimate of drug-likeness (QED) is 0.0321. The molecule has 0 aliphatic heterocycles. The van der Waals surface area contributed by atoms with Gasteiger partial charge in [0, 0.05) is 19.8 Å². The molecule has 1 unspecified atom stereocenters. The predicted molar refractivity (Wildman–Crippen MR) is 203 cm³/mol. The van der Waals surface area contributed by atoms with E-state index in [2.05, 4.69) is 49.8 Å². The maximum absolute atomic E-state index is 11.4. The molecule has 0 radical (unpaired) electrons. The Kier molecular flexibility index (Phi) is 41.4. The molecule has 48 heavy (non-hydrogen) atoms. The molecule has 0 aliphatic carbocycles. The Bertz CT molecular complexity index is 759. The van der Waals surface area contributed by atoms with Crippen LogP contribution >= 0.6 is 0 Å². The first-order chi connectivity index (χ1) is 23.4. The van der Waals surface area contributed by atoms with E-state index in [9.17, 15) is 19.5 Å². The number of aliphatic hydroxyl groups excluding tert-OH is 1. The van der Waals surface area contributed by atoms with E-state index < -0.39 is 11.9 Å². The van der Waals surface area contributed by atoms with E-state index in [-0.39, 0.29) is 12.1 Å². The second-order valence-electron chi connectivity index (χ2n) is 13.4. The molecular weight excluding hydrogens is 600 g/mol. The molecule has 6 nitrogen and oxygen atoms in total. The van der Waals surface area contributed by atoms with Crippen LogP contribution in [0.25, 0.3) is 0 Å². The van der Waals surface area contributed by atoms with Gasteiger partial charge in [0.1, 0.15) is 0 Å². The van der Waals surface area contributed by atoms with Gasteiger partial charge in [0.05, 0.1) is 12.7 Å². The van der Waals surface area contributed by atoms with Crippen molar-refractivity contribution < 1.29 is 29.0 Å². The molecule has 0 heterocycles. The van der Waals surface area contributed by atoms with Gasteiger partial charge < -0.3 is 14.6 Å². The molecule has 0 fully saturated rings. The minimum Gasteiger partial charge on any atom is -0.466 e. The van der Waals surface area contributed by atoms with Crippen molar-refractivity contribution in [1.29, 1.82) is 0 Å². The van der Waals surface area contributed by atoms with Gasteiger partial charge in [0.2, 0.25) is 0 Å². The van der Waals surface area contributed by atoms with Crippen LogP contribution in [0.15, 0.2) is 24.3 Å². The number of rotatable bonds is 33. The molecule has 0 saturated carbocycles. The fourth-order valence-electron chi connectivity index (χ4n) is 5.31. The molecular formula is C42H78O6. The van der Waals surface area contributed by atoms with Crippen LogP contribution in [0, 0.1) is 0 Å². The highest BCUT2D eigenvalue weighted by Gasteiger charge is 2.05. The van der Waals surface area contributed by atoms with Crippen LogP contribution in [-0.2, 0) is 23.9 Å². The first-order valence-electron chi connectivity index (χ1n) is 20.2. The molecule has 0 spiro atoms. The number of aliphatic hydroxyl groups is 1. The Hall–Kier alpha value is -1.95. The zero-order valence-corrected chi connectivity index (χ0v) is 32.1. The van der Waals surface area contributed by atoms with Gasteiger partial charge in [-0.3, -0.25) is 14.4 Å². The number of allylic oxidation sites excluding steroid dienone is 3. The van der Waals surface area contributed by atoms with Gasteiger partial charge in [-0.1, -0.05) is 148 Å². The lowest BCUT2D eigenvalue weighted by atomic mass is 10.1. The van der Waals surface area contributed by atoms with Gasteiger partial charge in [-0.05, 0) is 70.6 Å². The van der Waals surface area contributed by atoms with Crippen LogP contribution in [0.2, 0.25) is 0 Å². The van der Waals surface area contributed by atoms with Crippen LogP contribution in [-0.4, -0.2) is 35.7 Å². The number of esters is 3. The molecule has 6 heteroatoms. The number of hydrogen-bond acceptors (Lipinski definition) is 6. The van der Waals surface area contributed by atoms with Gasteiger partial charge in [-0.15, -0.1) is 0 Å². The number of unbranched alkanes of at least 4 members (excludes halogenated alkanes) is 20. The molecule has 1 N–H and O–H groups in total. The molecule has 1 atom stereocenters. The summed E-state index contributed by atoms with van der Waals surface area (Å²) in [6, 6.07) is 0. The average Bonchev–Trinajstić information content (AvgIpc) is 3.06. The van der Waals surface area contributed by atoms with Crippen molar-refractivity contribution in [1.82, 2.24) is 0 Å². The van der Waals surface area contributed by atoms with Crippen molar-refractivity contribution >= 4 is 17.9 Å². The van der Waals surface area contributed by atoms with Gasteiger partial charge in [0.15, 0.2) is 0 Å². The highest BCUT2D eigenvalue weighted by molar-refractivity contribution is 5.83. The Morgan fingerprint density at radius 1 is 0.521 bits per heavy atom. The maximum Gasteiger partial charge on any atom is 0.313 e. The van der Waals surface area contributed by atoms with Crippen LogP contribution in [0.4, 0.5) is 0 Å². The molecule has 282 valence electrons. The predicted octanol–water partition coefficient (Wildman–Crippen LogP) is 12.5. The fraction of sp³-hybridized carbons (Fsp3) is 0.833. The van der Waals surface area contributed by atoms with Crippen molar-refractivity contribution in [2.75, 3.05) is 6.61 Å². The van der Waals surface area contributed by atoms with Crippen molar-refractivity contribution in [3.05, 3.63) is 24.3 Å². The second kappa shape index (κ2) is 41.2. The Labute approximate surface area is 297 Å². The first-order valence-corrected chi connectivity index (χ1v) is 20.2. The Balaban J connectivity index is 0. The van der Waals surface area contributed by atoms with Gasteiger partial charge in [-0.25, -0.2) is 0 Å². The van der Waals surface area contributed by atoms with Crippen molar-refractivity contribution in [2.24, 2.45) is 0 Å². The summed E-state index contributed by atoms with van der Waals surface area (Å²) in [5.41, 5.74) is 0. The molecule has 0 bridgehead atoms. The van der Waals surface area contributed by atoms with Crippen LogP contribution in [0.5, 0.6) is 0 Å². The third-order valence-electron chi connectivity index (χ3n) is 8.38. The number of ether oxygens (including phenoxy) is 2. The monoisotopic (exact) mass is 679 g/mol. The summed E-state index contributed by atoms with van der Waals surface area (Å²) in [4.78, 5) is 33.1. The summed E-state index contributed by atoms with van der Waals surface area (Å²) in [7, 11) is 0. The number of carbonyl (C=O) groups excluding carboxylic acids is 3. The van der Waals surface area contributed by atoms with Crippen LogP contribution in [0.1, 0.15) is 214 Å². The normalized spacial score (nSPS) is 11.9. The fourth-order valence-corrected chi connectivity index (χ4v) is 5.31. The van der Waals surface area contributed by atoms with Gasteiger partial charge in [0.25, 0.3) is 0 Å². The van der Waals surface area contributed by atoms with E-state index in [1.54, 1.807) is 0 Å². The lowest BCUT2D eigenvalue weighted by Gasteiger charge is -2.07. The molecule has 0 saturated heterocycles. The van der Waals surface area contributed by atoms with E-state index in [4.69, 9.17) is 4.74 Å². The van der Waals surface area contributed by atoms with Gasteiger partial charge in [-0.2, -0.15) is 0 Å². The topological polar surface area (TPSA) is 89.9 Å². The highest BCUT2D eigenvalue weighted by Crippen LogP contribution is 2.12. The lowest BCUT2D eigenvalue weighted by molar-refractivity contribution is -0.158. The zero-order valence-electron chi connectivity index (χ0n) is 32.1. The summed E-state index contributed by atoms with van der Waals surface area (Å²) in [5.74, 6) is -0.961. The second-order valence-corrected chi connectivity index (χ2v) is 13.4. The lowest BCUT2D eigenvalue weighted by Crippen LogP contribution is -2.08. The minimum atomic E-state index is -0.530. The molecule has 0 amide bonds. The number of carbonyl (C=O) groups is 3. The molecule has 0 aromatic rings. The van der Waals surface area contributed by atoms with E-state index in [1.807, 2.05) is 0 Å².